The van der Waals surface area contributed by atoms with Crippen LogP contribution in [0.4, 0.5) is 0 Å². The van der Waals surface area contributed by atoms with Crippen molar-refractivity contribution in [1.29, 1.82) is 0 Å². The van der Waals surface area contributed by atoms with Crippen molar-refractivity contribution in [2.75, 3.05) is 6.54 Å². The third-order valence-electron chi connectivity index (χ3n) is 2.45. The van der Waals surface area contributed by atoms with Gasteiger partial charge in [-0.1, -0.05) is 0 Å². The molecule has 2 aliphatic rings. The van der Waals surface area contributed by atoms with Crippen molar-refractivity contribution in [1.82, 2.24) is 5.01 Å². The number of piperidine rings is 1. The molecule has 1 heterocycles. The van der Waals surface area contributed by atoms with E-state index < -0.39 is 0 Å². The van der Waals surface area contributed by atoms with Crippen LogP contribution in [0.3, 0.4) is 0 Å². The lowest BCUT2D eigenvalue weighted by Crippen LogP contribution is -2.37. The van der Waals surface area contributed by atoms with Gasteiger partial charge in [0.05, 0.1) is 0 Å². The highest BCUT2D eigenvalue weighted by Gasteiger charge is 2.35. The molecule has 2 nitrogen and oxygen atoms in total. The summed E-state index contributed by atoms with van der Waals surface area (Å²) in [6.45, 7) is 1.16. The summed E-state index contributed by atoms with van der Waals surface area (Å²) in [5.41, 5.74) is 0. The zero-order valence-corrected chi connectivity index (χ0v) is 5.01. The lowest BCUT2D eigenvalue weighted by atomic mass is 10.1. The van der Waals surface area contributed by atoms with Gasteiger partial charge in [0.1, 0.15) is 0 Å². The van der Waals surface area contributed by atoms with Crippen molar-refractivity contribution >= 4 is 0 Å². The van der Waals surface area contributed by atoms with Crippen molar-refractivity contribution in [2.45, 2.75) is 25.3 Å². The molecular weight excluding hydrogens is 100 g/mol. The molecule has 2 N–H and O–H groups in total. The van der Waals surface area contributed by atoms with Gasteiger partial charge in [-0.05, 0) is 25.2 Å². The molecule has 1 aliphatic heterocycles. The van der Waals surface area contributed by atoms with E-state index >= 15 is 0 Å². The summed E-state index contributed by atoms with van der Waals surface area (Å²) in [7, 11) is 0. The van der Waals surface area contributed by atoms with Crippen LogP contribution in [0.25, 0.3) is 0 Å². The molecule has 2 atom stereocenters. The maximum Gasteiger partial charge on any atom is 0.0244 e. The number of hydrazine groups is 1. The maximum absolute atomic E-state index is 5.65. The second-order valence-corrected chi connectivity index (χ2v) is 3.03. The van der Waals surface area contributed by atoms with E-state index in [1.165, 1.54) is 19.3 Å². The highest BCUT2D eigenvalue weighted by Crippen LogP contribution is 2.34. The number of nitrogens with zero attached hydrogens (tertiary/aromatic N) is 1. The summed E-state index contributed by atoms with van der Waals surface area (Å²) in [6, 6.07) is 0.750. The molecule has 0 aromatic heterocycles. The maximum atomic E-state index is 5.65. The molecule has 8 heavy (non-hydrogen) atoms. The minimum atomic E-state index is 0.750. The highest BCUT2D eigenvalue weighted by molar-refractivity contribution is 4.89. The molecule has 0 spiro atoms. The van der Waals surface area contributed by atoms with Gasteiger partial charge in [0, 0.05) is 12.6 Å². The summed E-state index contributed by atoms with van der Waals surface area (Å²) in [5.74, 6) is 6.60. The molecule has 46 valence electrons. The van der Waals surface area contributed by atoms with Crippen LogP contribution in [-0.4, -0.2) is 17.6 Å². The van der Waals surface area contributed by atoms with Gasteiger partial charge in [0.15, 0.2) is 0 Å². The van der Waals surface area contributed by atoms with E-state index in [9.17, 15) is 0 Å². The van der Waals surface area contributed by atoms with Crippen LogP contribution in [0.1, 0.15) is 19.3 Å². The van der Waals surface area contributed by atoms with E-state index in [1.807, 2.05) is 5.01 Å². The Morgan fingerprint density at radius 3 is 2.50 bits per heavy atom. The Morgan fingerprint density at radius 1 is 1.38 bits per heavy atom. The number of hydrogen-bond donors (Lipinski definition) is 1. The lowest BCUT2D eigenvalue weighted by Gasteiger charge is -2.20. The average molecular weight is 112 g/mol. The number of hydrogen-bond acceptors (Lipinski definition) is 2. The lowest BCUT2D eigenvalue weighted by molar-refractivity contribution is 0.219. The smallest absolute Gasteiger partial charge is 0.0244 e. The summed E-state index contributed by atoms with van der Waals surface area (Å²) in [4.78, 5) is 0. The Hall–Kier alpha value is -0.0800. The molecule has 2 fully saturated rings. The van der Waals surface area contributed by atoms with Gasteiger partial charge in [0.25, 0.3) is 0 Å². The first-order chi connectivity index (χ1) is 3.86. The summed E-state index contributed by atoms with van der Waals surface area (Å²) < 4.78 is 0. The average Bonchev–Trinajstić information content (AvgIpc) is 2.23. The van der Waals surface area contributed by atoms with Crippen molar-refractivity contribution < 1.29 is 0 Å². The quantitative estimate of drug-likeness (QED) is 0.458. The van der Waals surface area contributed by atoms with Crippen LogP contribution in [-0.2, 0) is 0 Å². The minimum absolute atomic E-state index is 0.750. The van der Waals surface area contributed by atoms with Gasteiger partial charge < -0.3 is 0 Å². The molecular formula is C6H12N2. The fraction of sp³-hybridized carbons (Fsp3) is 1.00. The Labute approximate surface area is 49.6 Å². The fourth-order valence-corrected chi connectivity index (χ4v) is 1.96. The predicted octanol–water partition coefficient (Wildman–Crippen LogP) is 0.344. The Morgan fingerprint density at radius 2 is 2.25 bits per heavy atom. The van der Waals surface area contributed by atoms with Gasteiger partial charge >= 0.3 is 0 Å². The third kappa shape index (κ3) is 0.501. The van der Waals surface area contributed by atoms with Gasteiger partial charge in [0.2, 0.25) is 0 Å². The van der Waals surface area contributed by atoms with Crippen LogP contribution in [0.15, 0.2) is 0 Å². The second kappa shape index (κ2) is 1.45. The Balaban J connectivity index is 2.11. The van der Waals surface area contributed by atoms with E-state index in [-0.39, 0.29) is 0 Å². The molecule has 2 bridgehead atoms. The highest BCUT2D eigenvalue weighted by atomic mass is 15.4. The molecule has 1 saturated carbocycles. The topological polar surface area (TPSA) is 29.3 Å². The second-order valence-electron chi connectivity index (χ2n) is 3.03. The number of nitrogens with two attached hydrogens (primary N) is 1. The SMILES string of the molecule is NN1C[C@H]2CC[C@H]1C2. The Kier molecular flexibility index (Phi) is 0.866. The minimum Gasteiger partial charge on any atom is -0.269 e. The molecule has 1 saturated heterocycles. The normalized spacial score (nSPS) is 46.1. The predicted molar refractivity (Wildman–Crippen MR) is 32.0 cm³/mol. The summed E-state index contributed by atoms with van der Waals surface area (Å²) in [5, 5.41) is 2.01. The molecule has 0 radical (unpaired) electrons. The van der Waals surface area contributed by atoms with E-state index in [4.69, 9.17) is 5.84 Å². The van der Waals surface area contributed by atoms with Gasteiger partial charge in [-0.3, -0.25) is 5.84 Å². The Bertz CT molecular complexity index is 101. The van der Waals surface area contributed by atoms with E-state index in [1.54, 1.807) is 0 Å². The molecule has 0 aromatic rings. The molecule has 0 amide bonds. The largest absolute Gasteiger partial charge is 0.269 e. The first-order valence-corrected chi connectivity index (χ1v) is 3.37. The zero-order valence-electron chi connectivity index (χ0n) is 5.01. The van der Waals surface area contributed by atoms with Crippen LogP contribution in [0.2, 0.25) is 0 Å². The standard InChI is InChI=1S/C6H12N2/c7-8-4-5-1-2-6(8)3-5/h5-6H,1-4,7H2/t5-,6-/m0/s1. The molecule has 2 heteroatoms. The third-order valence-corrected chi connectivity index (χ3v) is 2.45. The molecule has 2 rings (SSSR count). The van der Waals surface area contributed by atoms with Gasteiger partial charge in [-0.2, -0.15) is 0 Å². The van der Waals surface area contributed by atoms with Gasteiger partial charge in [-0.15, -0.1) is 0 Å². The van der Waals surface area contributed by atoms with Crippen LogP contribution < -0.4 is 5.84 Å². The van der Waals surface area contributed by atoms with Crippen molar-refractivity contribution in [3.8, 4) is 0 Å². The molecule has 0 aromatic carbocycles. The molecule has 1 aliphatic carbocycles. The van der Waals surface area contributed by atoms with Crippen LogP contribution in [0.5, 0.6) is 0 Å². The summed E-state index contributed by atoms with van der Waals surface area (Å²) in [6.07, 6.45) is 4.15. The number of fused-ring (bicyclic) bond motifs is 2. The first-order valence-electron chi connectivity index (χ1n) is 3.37. The summed E-state index contributed by atoms with van der Waals surface area (Å²) >= 11 is 0. The molecule has 0 unspecified atom stereocenters. The monoisotopic (exact) mass is 112 g/mol. The first kappa shape index (κ1) is 4.77. The van der Waals surface area contributed by atoms with Crippen molar-refractivity contribution in [3.05, 3.63) is 0 Å². The van der Waals surface area contributed by atoms with E-state index in [0.29, 0.717) is 0 Å². The number of rotatable bonds is 0. The van der Waals surface area contributed by atoms with E-state index in [0.717, 1.165) is 18.5 Å². The van der Waals surface area contributed by atoms with Gasteiger partial charge in [-0.25, -0.2) is 5.01 Å². The van der Waals surface area contributed by atoms with Crippen LogP contribution >= 0.6 is 0 Å². The van der Waals surface area contributed by atoms with Crippen molar-refractivity contribution in [3.63, 3.8) is 0 Å². The van der Waals surface area contributed by atoms with E-state index in [2.05, 4.69) is 0 Å². The fourth-order valence-electron chi connectivity index (χ4n) is 1.96. The van der Waals surface area contributed by atoms with Crippen LogP contribution in [0, 0.1) is 5.92 Å². The van der Waals surface area contributed by atoms with Crippen molar-refractivity contribution in [2.24, 2.45) is 11.8 Å². The zero-order chi connectivity index (χ0) is 5.56.